The van der Waals surface area contributed by atoms with Crippen LogP contribution < -0.4 is 0 Å². The summed E-state index contributed by atoms with van der Waals surface area (Å²) in [6, 6.07) is 6.81. The minimum absolute atomic E-state index is 0.196. The number of likely N-dealkylation sites (N-methyl/N-ethyl adjacent to an activating group) is 1. The summed E-state index contributed by atoms with van der Waals surface area (Å²) in [5, 5.41) is 8.81. The third kappa shape index (κ3) is 4.34. The fourth-order valence-electron chi connectivity index (χ4n) is 1.16. The van der Waals surface area contributed by atoms with Crippen molar-refractivity contribution in [2.45, 2.75) is 17.9 Å². The van der Waals surface area contributed by atoms with E-state index in [2.05, 4.69) is 15.9 Å². The largest absolute Gasteiger partial charge is 0.480 e. The van der Waals surface area contributed by atoms with Crippen LogP contribution in [0.1, 0.15) is 6.92 Å². The van der Waals surface area contributed by atoms with Crippen molar-refractivity contribution in [3.8, 4) is 0 Å². The van der Waals surface area contributed by atoms with Crippen molar-refractivity contribution in [1.82, 2.24) is 4.90 Å². The smallest absolute Gasteiger partial charge is 0.326 e. The molecule has 1 rings (SSSR count). The summed E-state index contributed by atoms with van der Waals surface area (Å²) in [7, 11) is 1.50. The molecule has 0 saturated carbocycles. The first kappa shape index (κ1) is 15.0. The molecule has 1 amide bonds. The van der Waals surface area contributed by atoms with Crippen molar-refractivity contribution in [2.24, 2.45) is 0 Å². The van der Waals surface area contributed by atoms with Crippen molar-refractivity contribution in [1.29, 1.82) is 0 Å². The Morgan fingerprint density at radius 3 is 2.44 bits per heavy atom. The zero-order chi connectivity index (χ0) is 13.7. The van der Waals surface area contributed by atoms with Gasteiger partial charge in [0.2, 0.25) is 5.91 Å². The van der Waals surface area contributed by atoms with Crippen molar-refractivity contribution in [2.75, 3.05) is 12.8 Å². The van der Waals surface area contributed by atoms with Crippen molar-refractivity contribution in [3.63, 3.8) is 0 Å². The summed E-state index contributed by atoms with van der Waals surface area (Å²) in [6.07, 6.45) is 0. The number of thioether (sulfide) groups is 1. The van der Waals surface area contributed by atoms with E-state index < -0.39 is 12.0 Å². The molecule has 1 atom stereocenters. The average Bonchev–Trinajstić information content (AvgIpc) is 2.35. The minimum Gasteiger partial charge on any atom is -0.480 e. The zero-order valence-electron chi connectivity index (χ0n) is 10.1. The molecule has 6 heteroatoms. The molecule has 98 valence electrons. The molecular formula is C12H14BrNO3S. The van der Waals surface area contributed by atoms with Gasteiger partial charge in [-0.1, -0.05) is 15.9 Å². The second kappa shape index (κ2) is 6.80. The van der Waals surface area contributed by atoms with E-state index in [9.17, 15) is 9.59 Å². The second-order valence-corrected chi connectivity index (χ2v) is 5.73. The maximum atomic E-state index is 11.8. The number of nitrogens with zero attached hydrogens (tertiary/aromatic N) is 1. The minimum atomic E-state index is -1.00. The van der Waals surface area contributed by atoms with Crippen LogP contribution in [0.25, 0.3) is 0 Å². The Hall–Kier alpha value is -1.01. The standard InChI is InChI=1S/C12H14BrNO3S/c1-8(12(16)17)14(2)11(15)7-18-10-5-3-9(13)4-6-10/h3-6,8H,7H2,1-2H3,(H,16,17). The predicted octanol–water partition coefficient (Wildman–Crippen LogP) is 2.47. The third-order valence-corrected chi connectivity index (χ3v) is 4.03. The van der Waals surface area contributed by atoms with Gasteiger partial charge in [0.25, 0.3) is 0 Å². The van der Waals surface area contributed by atoms with Gasteiger partial charge in [0.1, 0.15) is 6.04 Å². The van der Waals surface area contributed by atoms with Crippen LogP contribution in [0.15, 0.2) is 33.6 Å². The van der Waals surface area contributed by atoms with E-state index in [0.29, 0.717) is 0 Å². The van der Waals surface area contributed by atoms with Crippen molar-refractivity contribution >= 4 is 39.6 Å². The summed E-state index contributed by atoms with van der Waals surface area (Å²) < 4.78 is 0.981. The van der Waals surface area contributed by atoms with E-state index >= 15 is 0 Å². The van der Waals surface area contributed by atoms with Crippen LogP contribution in [0.3, 0.4) is 0 Å². The van der Waals surface area contributed by atoms with E-state index in [-0.39, 0.29) is 11.7 Å². The van der Waals surface area contributed by atoms with Gasteiger partial charge in [0.15, 0.2) is 0 Å². The Morgan fingerprint density at radius 1 is 1.39 bits per heavy atom. The molecule has 1 unspecified atom stereocenters. The molecule has 0 saturated heterocycles. The molecule has 1 aromatic carbocycles. The van der Waals surface area contributed by atoms with Crippen LogP contribution in [0.4, 0.5) is 0 Å². The highest BCUT2D eigenvalue weighted by atomic mass is 79.9. The van der Waals surface area contributed by atoms with E-state index in [1.165, 1.54) is 30.6 Å². The van der Waals surface area contributed by atoms with Gasteiger partial charge in [-0.3, -0.25) is 4.79 Å². The highest BCUT2D eigenvalue weighted by Gasteiger charge is 2.21. The van der Waals surface area contributed by atoms with Crippen LogP contribution in [-0.4, -0.2) is 40.7 Å². The van der Waals surface area contributed by atoms with Crippen LogP contribution in [0.2, 0.25) is 0 Å². The van der Waals surface area contributed by atoms with Gasteiger partial charge in [0, 0.05) is 16.4 Å². The highest BCUT2D eigenvalue weighted by Crippen LogP contribution is 2.21. The maximum absolute atomic E-state index is 11.8. The number of rotatable bonds is 5. The molecule has 4 nitrogen and oxygen atoms in total. The Kier molecular flexibility index (Phi) is 5.68. The van der Waals surface area contributed by atoms with Gasteiger partial charge in [-0.2, -0.15) is 0 Å². The SMILES string of the molecule is CC(C(=O)O)N(C)C(=O)CSc1ccc(Br)cc1. The first-order chi connectivity index (χ1) is 8.41. The molecule has 1 aromatic rings. The van der Waals surface area contributed by atoms with E-state index in [0.717, 1.165) is 9.37 Å². The molecule has 1 N–H and O–H groups in total. The molecule has 0 heterocycles. The number of aliphatic carboxylic acids is 1. The van der Waals surface area contributed by atoms with Gasteiger partial charge in [0.05, 0.1) is 5.75 Å². The fourth-order valence-corrected chi connectivity index (χ4v) is 2.25. The molecule has 0 aliphatic rings. The van der Waals surface area contributed by atoms with E-state index in [1.54, 1.807) is 0 Å². The number of halogens is 1. The number of carboxylic acid groups (broad SMARTS) is 1. The Morgan fingerprint density at radius 2 is 1.94 bits per heavy atom. The van der Waals surface area contributed by atoms with Gasteiger partial charge in [-0.25, -0.2) is 4.79 Å². The maximum Gasteiger partial charge on any atom is 0.326 e. The van der Waals surface area contributed by atoms with E-state index in [1.807, 2.05) is 24.3 Å². The summed E-state index contributed by atoms with van der Waals surface area (Å²) in [5.41, 5.74) is 0. The molecule has 0 aliphatic heterocycles. The van der Waals surface area contributed by atoms with Crippen LogP contribution >= 0.6 is 27.7 Å². The molecule has 0 spiro atoms. The molecule has 0 aliphatic carbocycles. The quantitative estimate of drug-likeness (QED) is 0.842. The monoisotopic (exact) mass is 331 g/mol. The van der Waals surface area contributed by atoms with Gasteiger partial charge < -0.3 is 10.0 Å². The van der Waals surface area contributed by atoms with Crippen LogP contribution in [0.5, 0.6) is 0 Å². The predicted molar refractivity (Wildman–Crippen MR) is 74.7 cm³/mol. The first-order valence-corrected chi connectivity index (χ1v) is 7.06. The fraction of sp³-hybridized carbons (Fsp3) is 0.333. The van der Waals surface area contributed by atoms with Crippen LogP contribution in [0, 0.1) is 0 Å². The number of amides is 1. The molecule has 0 fully saturated rings. The summed E-state index contributed by atoms with van der Waals surface area (Å²) in [6.45, 7) is 1.49. The molecule has 18 heavy (non-hydrogen) atoms. The Labute approximate surface area is 118 Å². The first-order valence-electron chi connectivity index (χ1n) is 5.28. The number of hydrogen-bond donors (Lipinski definition) is 1. The molecular weight excluding hydrogens is 318 g/mol. The number of benzene rings is 1. The number of carboxylic acids is 1. The molecule has 0 bridgehead atoms. The average molecular weight is 332 g/mol. The topological polar surface area (TPSA) is 57.6 Å². The van der Waals surface area contributed by atoms with Crippen molar-refractivity contribution < 1.29 is 14.7 Å². The van der Waals surface area contributed by atoms with Crippen LogP contribution in [-0.2, 0) is 9.59 Å². The Balaban J connectivity index is 2.50. The van der Waals surface area contributed by atoms with Gasteiger partial charge >= 0.3 is 5.97 Å². The van der Waals surface area contributed by atoms with Gasteiger partial charge in [-0.05, 0) is 31.2 Å². The number of carbonyl (C=O) groups is 2. The molecule has 0 aromatic heterocycles. The Bertz CT molecular complexity index is 435. The summed E-state index contributed by atoms with van der Waals surface area (Å²) >= 11 is 4.72. The molecule has 0 radical (unpaired) electrons. The third-order valence-electron chi connectivity index (χ3n) is 2.51. The summed E-state index contributed by atoms with van der Waals surface area (Å²) in [4.78, 5) is 24.7. The van der Waals surface area contributed by atoms with Gasteiger partial charge in [-0.15, -0.1) is 11.8 Å². The lowest BCUT2D eigenvalue weighted by atomic mass is 10.3. The summed E-state index contributed by atoms with van der Waals surface area (Å²) in [5.74, 6) is -0.965. The lowest BCUT2D eigenvalue weighted by Gasteiger charge is -2.21. The lowest BCUT2D eigenvalue weighted by Crippen LogP contribution is -2.41. The second-order valence-electron chi connectivity index (χ2n) is 3.76. The highest BCUT2D eigenvalue weighted by molar-refractivity contribution is 9.10. The normalized spacial score (nSPS) is 11.9. The lowest BCUT2D eigenvalue weighted by molar-refractivity contribution is -0.147. The number of carbonyl (C=O) groups excluding carboxylic acids is 1. The van der Waals surface area contributed by atoms with E-state index in [4.69, 9.17) is 5.11 Å². The number of hydrogen-bond acceptors (Lipinski definition) is 3. The zero-order valence-corrected chi connectivity index (χ0v) is 12.5. The van der Waals surface area contributed by atoms with Crippen molar-refractivity contribution in [3.05, 3.63) is 28.7 Å².